The van der Waals surface area contributed by atoms with Crippen LogP contribution in [0.2, 0.25) is 0 Å². The fraction of sp³-hybridized carbons (Fsp3) is 0.233. The highest BCUT2D eigenvalue weighted by atomic mass is 32.2. The second-order valence-corrected chi connectivity index (χ2v) is 9.97. The number of hydrogen-bond donors (Lipinski definition) is 1. The number of imide groups is 1. The summed E-state index contributed by atoms with van der Waals surface area (Å²) in [4.78, 5) is 42.0. The number of para-hydroxylation sites is 4. The van der Waals surface area contributed by atoms with Crippen LogP contribution in [-0.4, -0.2) is 68.0 Å². The molecule has 2 fully saturated rings. The van der Waals surface area contributed by atoms with Gasteiger partial charge in [0.2, 0.25) is 5.91 Å². The summed E-state index contributed by atoms with van der Waals surface area (Å²) in [5.74, 6) is 0.338. The van der Waals surface area contributed by atoms with E-state index in [4.69, 9.17) is 14.2 Å². The van der Waals surface area contributed by atoms with Gasteiger partial charge in [0.25, 0.3) is 11.1 Å². The third-order valence-corrected chi connectivity index (χ3v) is 7.17. The highest BCUT2D eigenvalue weighted by molar-refractivity contribution is 8.18. The Morgan fingerprint density at radius 3 is 2.42 bits per heavy atom. The van der Waals surface area contributed by atoms with Gasteiger partial charge in [-0.2, -0.15) is 0 Å². The summed E-state index contributed by atoms with van der Waals surface area (Å²) in [7, 11) is 0. The van der Waals surface area contributed by atoms with Crippen LogP contribution in [0.4, 0.5) is 16.2 Å². The number of ether oxygens (including phenoxy) is 3. The molecule has 3 aromatic rings. The summed E-state index contributed by atoms with van der Waals surface area (Å²) in [5.41, 5.74) is 2.15. The maximum Gasteiger partial charge on any atom is 0.294 e. The molecule has 0 radical (unpaired) electrons. The predicted octanol–water partition coefficient (Wildman–Crippen LogP) is 4.66. The van der Waals surface area contributed by atoms with Crippen LogP contribution >= 0.6 is 11.8 Å². The molecule has 0 aliphatic carbocycles. The number of hydrogen-bond acceptors (Lipinski definition) is 8. The van der Waals surface area contributed by atoms with Crippen LogP contribution in [-0.2, 0) is 14.3 Å². The minimum Gasteiger partial charge on any atom is -0.490 e. The van der Waals surface area contributed by atoms with Crippen LogP contribution in [0.15, 0.2) is 83.8 Å². The van der Waals surface area contributed by atoms with Crippen molar-refractivity contribution >= 4 is 46.3 Å². The van der Waals surface area contributed by atoms with Gasteiger partial charge in [0.1, 0.15) is 31.3 Å². The van der Waals surface area contributed by atoms with E-state index in [2.05, 4.69) is 10.2 Å². The SMILES string of the molecule is O=C(CN1C(=O)S/C(=C/c2ccccc2OCCOc2ccccc2)C1=O)Nc1ccccc1N1CCOCC1. The monoisotopic (exact) mass is 559 g/mol. The number of rotatable bonds is 10. The Kier molecular flexibility index (Phi) is 9.00. The van der Waals surface area contributed by atoms with Crippen molar-refractivity contribution in [2.75, 3.05) is 56.3 Å². The molecule has 40 heavy (non-hydrogen) atoms. The highest BCUT2D eigenvalue weighted by Gasteiger charge is 2.36. The van der Waals surface area contributed by atoms with Crippen molar-refractivity contribution in [1.29, 1.82) is 0 Å². The first-order valence-electron chi connectivity index (χ1n) is 12.9. The van der Waals surface area contributed by atoms with Crippen LogP contribution in [0.3, 0.4) is 0 Å². The Labute approximate surface area is 236 Å². The molecule has 1 N–H and O–H groups in total. The zero-order valence-electron chi connectivity index (χ0n) is 21.8. The van der Waals surface area contributed by atoms with E-state index in [1.807, 2.05) is 60.7 Å². The first-order valence-corrected chi connectivity index (χ1v) is 13.8. The summed E-state index contributed by atoms with van der Waals surface area (Å²) in [5, 5.41) is 2.36. The number of thioether (sulfide) groups is 1. The Morgan fingerprint density at radius 1 is 0.900 bits per heavy atom. The van der Waals surface area contributed by atoms with Crippen LogP contribution < -0.4 is 19.7 Å². The van der Waals surface area contributed by atoms with Gasteiger partial charge < -0.3 is 24.4 Å². The van der Waals surface area contributed by atoms with Gasteiger partial charge in [0.05, 0.1) is 29.5 Å². The molecule has 2 saturated heterocycles. The van der Waals surface area contributed by atoms with E-state index in [-0.39, 0.29) is 11.4 Å². The number of carbonyl (C=O) groups is 3. The van der Waals surface area contributed by atoms with Gasteiger partial charge in [-0.3, -0.25) is 19.3 Å². The Bertz CT molecular complexity index is 1390. The Balaban J connectivity index is 1.20. The summed E-state index contributed by atoms with van der Waals surface area (Å²) >= 11 is 0.801. The van der Waals surface area contributed by atoms with Gasteiger partial charge in [0.15, 0.2) is 0 Å². The molecule has 3 aromatic carbocycles. The van der Waals surface area contributed by atoms with E-state index in [1.165, 1.54) is 0 Å². The number of carbonyl (C=O) groups excluding carboxylic acids is 3. The maximum absolute atomic E-state index is 13.1. The number of amides is 3. The number of morpholine rings is 1. The van der Waals surface area contributed by atoms with Crippen molar-refractivity contribution in [2.45, 2.75) is 0 Å². The summed E-state index contributed by atoms with van der Waals surface area (Å²) in [6, 6.07) is 24.1. The number of benzene rings is 3. The van der Waals surface area contributed by atoms with Crippen molar-refractivity contribution in [3.63, 3.8) is 0 Å². The van der Waals surface area contributed by atoms with Crippen molar-refractivity contribution in [1.82, 2.24) is 4.90 Å². The number of anilines is 2. The van der Waals surface area contributed by atoms with Gasteiger partial charge >= 0.3 is 0 Å². The smallest absolute Gasteiger partial charge is 0.294 e. The Hall–Kier alpha value is -4.28. The molecule has 0 spiro atoms. The molecule has 0 aromatic heterocycles. The normalized spacial score (nSPS) is 16.4. The fourth-order valence-corrected chi connectivity index (χ4v) is 5.16. The zero-order valence-corrected chi connectivity index (χ0v) is 22.6. The lowest BCUT2D eigenvalue weighted by Gasteiger charge is -2.30. The lowest BCUT2D eigenvalue weighted by atomic mass is 10.2. The second kappa shape index (κ2) is 13.2. The summed E-state index contributed by atoms with van der Waals surface area (Å²) in [6.07, 6.45) is 1.61. The van der Waals surface area contributed by atoms with E-state index in [1.54, 1.807) is 24.3 Å². The zero-order chi connectivity index (χ0) is 27.7. The van der Waals surface area contributed by atoms with Gasteiger partial charge in [-0.15, -0.1) is 0 Å². The van der Waals surface area contributed by atoms with Crippen molar-refractivity contribution < 1.29 is 28.6 Å². The van der Waals surface area contributed by atoms with E-state index >= 15 is 0 Å². The second-order valence-electron chi connectivity index (χ2n) is 8.98. The first kappa shape index (κ1) is 27.3. The van der Waals surface area contributed by atoms with E-state index in [9.17, 15) is 14.4 Å². The molecule has 0 unspecified atom stereocenters. The predicted molar refractivity (Wildman–Crippen MR) is 155 cm³/mol. The summed E-state index contributed by atoms with van der Waals surface area (Å²) < 4.78 is 17.0. The van der Waals surface area contributed by atoms with E-state index in [0.29, 0.717) is 56.5 Å². The first-order chi connectivity index (χ1) is 19.6. The minimum atomic E-state index is -0.520. The third kappa shape index (κ3) is 6.83. The van der Waals surface area contributed by atoms with Crippen LogP contribution in [0.25, 0.3) is 6.08 Å². The van der Waals surface area contributed by atoms with Crippen molar-refractivity contribution in [3.8, 4) is 11.5 Å². The quantitative estimate of drug-likeness (QED) is 0.283. The largest absolute Gasteiger partial charge is 0.490 e. The van der Waals surface area contributed by atoms with Crippen molar-refractivity contribution in [3.05, 3.63) is 89.3 Å². The molecule has 206 valence electrons. The van der Waals surface area contributed by atoms with Crippen LogP contribution in [0.1, 0.15) is 5.56 Å². The van der Waals surface area contributed by atoms with E-state index < -0.39 is 17.1 Å². The molecule has 2 aliphatic rings. The molecule has 0 saturated carbocycles. The van der Waals surface area contributed by atoms with Gasteiger partial charge in [-0.1, -0.05) is 48.5 Å². The van der Waals surface area contributed by atoms with Crippen molar-refractivity contribution in [2.24, 2.45) is 0 Å². The molecule has 0 atom stereocenters. The molecule has 10 heteroatoms. The number of nitrogens with one attached hydrogen (secondary N) is 1. The van der Waals surface area contributed by atoms with E-state index in [0.717, 1.165) is 28.1 Å². The highest BCUT2D eigenvalue weighted by Crippen LogP contribution is 2.34. The molecular formula is C30H29N3O6S. The summed E-state index contributed by atoms with van der Waals surface area (Å²) in [6.45, 7) is 2.92. The molecule has 2 heterocycles. The van der Waals surface area contributed by atoms with Gasteiger partial charge in [-0.05, 0) is 48.2 Å². The average molecular weight is 560 g/mol. The van der Waals surface area contributed by atoms with Crippen LogP contribution in [0, 0.1) is 0 Å². The average Bonchev–Trinajstić information content (AvgIpc) is 3.24. The fourth-order valence-electron chi connectivity index (χ4n) is 4.33. The molecule has 0 bridgehead atoms. The standard InChI is InChI=1S/C30H29N3O6S/c34-28(31-24-11-5-6-12-25(24)32-14-16-37-17-15-32)21-33-29(35)27(40-30(33)36)20-22-8-4-7-13-26(22)39-19-18-38-23-9-2-1-3-10-23/h1-13,20H,14-19,21H2,(H,31,34)/b27-20+. The molecule has 9 nitrogen and oxygen atoms in total. The minimum absolute atomic E-state index is 0.225. The van der Waals surface area contributed by atoms with Gasteiger partial charge in [-0.25, -0.2) is 0 Å². The Morgan fingerprint density at radius 2 is 1.60 bits per heavy atom. The third-order valence-electron chi connectivity index (χ3n) is 6.26. The molecule has 5 rings (SSSR count). The van der Waals surface area contributed by atoms with Crippen LogP contribution in [0.5, 0.6) is 11.5 Å². The number of nitrogens with zero attached hydrogens (tertiary/aromatic N) is 2. The molecule has 2 aliphatic heterocycles. The lowest BCUT2D eigenvalue weighted by molar-refractivity contribution is -0.127. The molecular weight excluding hydrogens is 530 g/mol. The maximum atomic E-state index is 13.1. The van der Waals surface area contributed by atoms with Gasteiger partial charge in [0, 0.05) is 18.7 Å². The molecule has 3 amide bonds. The topological polar surface area (TPSA) is 97.4 Å². The lowest BCUT2D eigenvalue weighted by Crippen LogP contribution is -2.38.